The Kier molecular flexibility index (Phi) is 8.49. The molecule has 1 aliphatic rings. The van der Waals surface area contributed by atoms with Crippen molar-refractivity contribution < 1.29 is 27.2 Å². The fraction of sp³-hybridized carbons (Fsp3) is 0.529. The number of piperidine rings is 1. The molecule has 27 heavy (non-hydrogen) atoms. The van der Waals surface area contributed by atoms with Crippen LogP contribution in [0.5, 0.6) is 0 Å². The Morgan fingerprint density at radius 2 is 1.93 bits per heavy atom. The molecule has 1 unspecified atom stereocenters. The zero-order valence-electron chi connectivity index (χ0n) is 14.5. The Balaban J connectivity index is 0.00000364. The van der Waals surface area contributed by atoms with Crippen LogP contribution in [0, 0.1) is 5.82 Å². The van der Waals surface area contributed by atoms with Crippen LogP contribution in [0.4, 0.5) is 17.6 Å². The van der Waals surface area contributed by atoms with Crippen LogP contribution >= 0.6 is 12.4 Å². The van der Waals surface area contributed by atoms with Crippen molar-refractivity contribution in [3.8, 4) is 0 Å². The Morgan fingerprint density at radius 3 is 2.56 bits per heavy atom. The van der Waals surface area contributed by atoms with Crippen LogP contribution in [-0.4, -0.2) is 42.4 Å². The van der Waals surface area contributed by atoms with E-state index in [-0.39, 0.29) is 49.4 Å². The number of rotatable bonds is 5. The number of benzene rings is 1. The van der Waals surface area contributed by atoms with Crippen molar-refractivity contribution in [2.75, 3.05) is 19.6 Å². The van der Waals surface area contributed by atoms with E-state index in [0.717, 1.165) is 12.5 Å². The second-order valence-electron chi connectivity index (χ2n) is 6.22. The van der Waals surface area contributed by atoms with Crippen LogP contribution in [0.25, 0.3) is 0 Å². The third-order valence-corrected chi connectivity index (χ3v) is 4.27. The van der Waals surface area contributed by atoms with E-state index in [9.17, 15) is 27.2 Å². The number of halogens is 5. The highest BCUT2D eigenvalue weighted by atomic mass is 35.5. The number of nitrogens with two attached hydrogens (primary N) is 1. The van der Waals surface area contributed by atoms with E-state index < -0.39 is 23.5 Å². The Bertz CT molecular complexity index is 670. The summed E-state index contributed by atoms with van der Waals surface area (Å²) in [5.74, 6) is -2.05. The molecular formula is C17H22ClF4N3O2. The van der Waals surface area contributed by atoms with Gasteiger partial charge in [0.15, 0.2) is 0 Å². The molecule has 1 fully saturated rings. The van der Waals surface area contributed by atoms with Gasteiger partial charge in [-0.15, -0.1) is 12.4 Å². The van der Waals surface area contributed by atoms with E-state index in [0.29, 0.717) is 31.5 Å². The fourth-order valence-corrected chi connectivity index (χ4v) is 2.97. The first-order valence-electron chi connectivity index (χ1n) is 8.38. The molecule has 1 saturated heterocycles. The lowest BCUT2D eigenvalue weighted by Gasteiger charge is -2.36. The SMILES string of the molecule is Cl.NCCC(=O)NCC1CCCCN1C(=O)c1cc(F)cc(C(F)(F)F)c1. The summed E-state index contributed by atoms with van der Waals surface area (Å²) >= 11 is 0. The maximum Gasteiger partial charge on any atom is 0.416 e. The topological polar surface area (TPSA) is 75.4 Å². The first-order valence-corrected chi connectivity index (χ1v) is 8.38. The summed E-state index contributed by atoms with van der Waals surface area (Å²) in [6.07, 6.45) is -2.46. The van der Waals surface area contributed by atoms with E-state index in [1.165, 1.54) is 4.90 Å². The highest BCUT2D eigenvalue weighted by molar-refractivity contribution is 5.94. The molecule has 0 saturated carbocycles. The van der Waals surface area contributed by atoms with E-state index >= 15 is 0 Å². The monoisotopic (exact) mass is 411 g/mol. The summed E-state index contributed by atoms with van der Waals surface area (Å²) < 4.78 is 52.2. The molecule has 152 valence electrons. The number of likely N-dealkylation sites (tertiary alicyclic amines) is 1. The standard InChI is InChI=1S/C17H21F4N3O2.ClH/c18-13-8-11(7-12(9-13)17(19,20)21)16(26)24-6-2-1-3-14(24)10-23-15(25)4-5-22;/h7-9,14H,1-6,10,22H2,(H,23,25);1H. The van der Waals surface area contributed by atoms with Crippen LogP contribution in [-0.2, 0) is 11.0 Å². The van der Waals surface area contributed by atoms with Gasteiger partial charge in [-0.05, 0) is 37.5 Å². The van der Waals surface area contributed by atoms with Gasteiger partial charge in [-0.3, -0.25) is 9.59 Å². The summed E-state index contributed by atoms with van der Waals surface area (Å²) in [6.45, 7) is 0.725. The van der Waals surface area contributed by atoms with E-state index in [1.807, 2.05) is 0 Å². The summed E-state index contributed by atoms with van der Waals surface area (Å²) in [4.78, 5) is 25.6. The molecule has 1 aromatic rings. The first-order chi connectivity index (χ1) is 12.2. The third kappa shape index (κ3) is 6.35. The summed E-state index contributed by atoms with van der Waals surface area (Å²) in [7, 11) is 0. The second kappa shape index (κ2) is 9.89. The molecule has 1 atom stereocenters. The summed E-state index contributed by atoms with van der Waals surface area (Å²) in [5, 5.41) is 2.67. The van der Waals surface area contributed by atoms with Gasteiger partial charge in [0.25, 0.3) is 5.91 Å². The minimum atomic E-state index is -4.74. The number of nitrogens with one attached hydrogen (secondary N) is 1. The second-order valence-corrected chi connectivity index (χ2v) is 6.22. The highest BCUT2D eigenvalue weighted by Gasteiger charge is 2.34. The molecule has 1 aliphatic heterocycles. The molecule has 1 aromatic carbocycles. The number of hydrogen-bond acceptors (Lipinski definition) is 3. The fourth-order valence-electron chi connectivity index (χ4n) is 2.97. The molecule has 2 rings (SSSR count). The van der Waals surface area contributed by atoms with Crippen LogP contribution in [0.2, 0.25) is 0 Å². The van der Waals surface area contributed by atoms with Gasteiger partial charge >= 0.3 is 6.18 Å². The number of alkyl halides is 3. The van der Waals surface area contributed by atoms with Gasteiger partial charge in [-0.25, -0.2) is 4.39 Å². The Labute approximate surface area is 160 Å². The maximum atomic E-state index is 13.6. The zero-order chi connectivity index (χ0) is 19.3. The molecule has 3 N–H and O–H groups in total. The largest absolute Gasteiger partial charge is 0.416 e. The molecule has 0 aliphatic carbocycles. The van der Waals surface area contributed by atoms with Crippen LogP contribution < -0.4 is 11.1 Å². The molecule has 10 heteroatoms. The normalized spacial score (nSPS) is 17.2. The lowest BCUT2D eigenvalue weighted by molar-refractivity contribution is -0.137. The van der Waals surface area contributed by atoms with Crippen LogP contribution in [0.1, 0.15) is 41.6 Å². The quantitative estimate of drug-likeness (QED) is 0.731. The molecule has 0 bridgehead atoms. The minimum absolute atomic E-state index is 0. The number of carbonyl (C=O) groups is 2. The average Bonchev–Trinajstić information content (AvgIpc) is 2.58. The number of amides is 2. The number of hydrogen-bond donors (Lipinski definition) is 2. The first kappa shape index (κ1) is 23.2. The van der Waals surface area contributed by atoms with Crippen molar-refractivity contribution in [3.63, 3.8) is 0 Å². The summed E-state index contributed by atoms with van der Waals surface area (Å²) in [6, 6.07) is 1.47. The van der Waals surface area contributed by atoms with Gasteiger partial charge in [-0.2, -0.15) is 13.2 Å². The van der Waals surface area contributed by atoms with Crippen molar-refractivity contribution in [2.24, 2.45) is 5.73 Å². The van der Waals surface area contributed by atoms with Gasteiger partial charge in [0.1, 0.15) is 5.82 Å². The van der Waals surface area contributed by atoms with Crippen molar-refractivity contribution in [1.29, 1.82) is 0 Å². The van der Waals surface area contributed by atoms with Gasteiger partial charge in [0.2, 0.25) is 5.91 Å². The third-order valence-electron chi connectivity index (χ3n) is 4.27. The lowest BCUT2D eigenvalue weighted by Crippen LogP contribution is -2.49. The zero-order valence-corrected chi connectivity index (χ0v) is 15.3. The van der Waals surface area contributed by atoms with Crippen molar-refractivity contribution >= 4 is 24.2 Å². The highest BCUT2D eigenvalue weighted by Crippen LogP contribution is 2.31. The lowest BCUT2D eigenvalue weighted by atomic mass is 10.00. The Morgan fingerprint density at radius 1 is 1.22 bits per heavy atom. The number of nitrogens with zero attached hydrogens (tertiary/aromatic N) is 1. The molecule has 0 spiro atoms. The predicted octanol–water partition coefficient (Wildman–Crippen LogP) is 2.73. The van der Waals surface area contributed by atoms with Crippen molar-refractivity contribution in [1.82, 2.24) is 10.2 Å². The van der Waals surface area contributed by atoms with Gasteiger partial charge in [0, 0.05) is 37.7 Å². The van der Waals surface area contributed by atoms with Crippen molar-refractivity contribution in [2.45, 2.75) is 37.9 Å². The molecule has 1 heterocycles. The predicted molar refractivity (Wildman–Crippen MR) is 94.0 cm³/mol. The van der Waals surface area contributed by atoms with Gasteiger partial charge in [-0.1, -0.05) is 0 Å². The summed E-state index contributed by atoms with van der Waals surface area (Å²) in [5.41, 5.74) is 3.75. The molecule has 0 aromatic heterocycles. The molecule has 0 radical (unpaired) electrons. The Hall–Kier alpha value is -1.87. The van der Waals surface area contributed by atoms with Crippen LogP contribution in [0.3, 0.4) is 0 Å². The van der Waals surface area contributed by atoms with E-state index in [1.54, 1.807) is 0 Å². The number of carbonyl (C=O) groups excluding carboxylic acids is 2. The molecule has 2 amide bonds. The smallest absolute Gasteiger partial charge is 0.354 e. The molecular weight excluding hydrogens is 390 g/mol. The van der Waals surface area contributed by atoms with E-state index in [2.05, 4.69) is 5.32 Å². The molecule has 5 nitrogen and oxygen atoms in total. The maximum absolute atomic E-state index is 13.6. The average molecular weight is 412 g/mol. The van der Waals surface area contributed by atoms with Crippen LogP contribution in [0.15, 0.2) is 18.2 Å². The van der Waals surface area contributed by atoms with E-state index in [4.69, 9.17) is 5.73 Å². The van der Waals surface area contributed by atoms with Gasteiger partial charge in [0.05, 0.1) is 5.56 Å². The van der Waals surface area contributed by atoms with Gasteiger partial charge < -0.3 is 16.0 Å². The minimum Gasteiger partial charge on any atom is -0.354 e. The van der Waals surface area contributed by atoms with Crippen molar-refractivity contribution in [3.05, 3.63) is 35.1 Å².